The Morgan fingerprint density at radius 3 is 2.13 bits per heavy atom. The molecule has 5 rings (SSSR count). The van der Waals surface area contributed by atoms with Crippen LogP contribution in [-0.4, -0.2) is 29.3 Å². The molecule has 2 atom stereocenters. The molecule has 0 aromatic rings. The number of hydrogen-bond acceptors (Lipinski definition) is 2. The van der Waals surface area contributed by atoms with Crippen LogP contribution >= 0.6 is 0 Å². The van der Waals surface area contributed by atoms with Crippen LogP contribution in [0.25, 0.3) is 0 Å². The molecule has 0 aromatic carbocycles. The summed E-state index contributed by atoms with van der Waals surface area (Å²) in [5.41, 5.74) is 0.596. The minimum atomic E-state index is 0.409. The van der Waals surface area contributed by atoms with Crippen molar-refractivity contribution in [3.05, 3.63) is 0 Å². The maximum atomic E-state index is 12.0. The van der Waals surface area contributed by atoms with Crippen LogP contribution in [0.15, 0.2) is 0 Å². The van der Waals surface area contributed by atoms with Gasteiger partial charge in [-0.15, -0.1) is 0 Å². The van der Waals surface area contributed by atoms with Crippen molar-refractivity contribution < 1.29 is 4.79 Å². The number of ketones is 1. The van der Waals surface area contributed by atoms with Gasteiger partial charge in [-0.2, -0.15) is 0 Å². The monoisotopic (exact) mass is 205 g/mol. The molecule has 5 aliphatic rings. The van der Waals surface area contributed by atoms with E-state index in [9.17, 15) is 4.79 Å². The molecule has 1 saturated heterocycles. The maximum absolute atomic E-state index is 12.0. The van der Waals surface area contributed by atoms with E-state index in [1.807, 2.05) is 0 Å². The first-order chi connectivity index (χ1) is 7.27. The molecule has 0 N–H and O–H groups in total. The lowest BCUT2D eigenvalue weighted by Crippen LogP contribution is -2.71. The summed E-state index contributed by atoms with van der Waals surface area (Å²) < 4.78 is 0. The van der Waals surface area contributed by atoms with Gasteiger partial charge in [-0.25, -0.2) is 0 Å². The average Bonchev–Trinajstić information content (AvgIpc) is 2.00. The average molecular weight is 205 g/mol. The zero-order valence-corrected chi connectivity index (χ0v) is 9.24. The topological polar surface area (TPSA) is 20.3 Å². The Hall–Kier alpha value is -0.370. The second kappa shape index (κ2) is 2.65. The van der Waals surface area contributed by atoms with Gasteiger partial charge in [0.05, 0.1) is 0 Å². The minimum Gasteiger partial charge on any atom is -0.299 e. The van der Waals surface area contributed by atoms with Crippen LogP contribution in [0.4, 0.5) is 0 Å². The molecule has 0 radical (unpaired) electrons. The summed E-state index contributed by atoms with van der Waals surface area (Å²) in [5.74, 6) is 2.48. The van der Waals surface area contributed by atoms with Crippen LogP contribution < -0.4 is 0 Å². The number of piperidine rings is 1. The molecule has 0 spiro atoms. The first-order valence-corrected chi connectivity index (χ1v) is 6.56. The van der Waals surface area contributed by atoms with Crippen molar-refractivity contribution in [3.8, 4) is 0 Å². The Balaban J connectivity index is 1.56. The third kappa shape index (κ3) is 1.01. The van der Waals surface area contributed by atoms with E-state index in [1.165, 1.54) is 38.5 Å². The molecule has 2 heteroatoms. The van der Waals surface area contributed by atoms with Crippen molar-refractivity contribution in [2.24, 2.45) is 17.8 Å². The van der Waals surface area contributed by atoms with Gasteiger partial charge in [0.25, 0.3) is 0 Å². The molecule has 0 aromatic heterocycles. The Morgan fingerprint density at radius 1 is 1.07 bits per heavy atom. The first-order valence-electron chi connectivity index (χ1n) is 6.56. The molecule has 5 fully saturated rings. The van der Waals surface area contributed by atoms with Crippen molar-refractivity contribution >= 4 is 5.78 Å². The van der Waals surface area contributed by atoms with Crippen molar-refractivity contribution in [1.29, 1.82) is 0 Å². The van der Waals surface area contributed by atoms with E-state index in [0.29, 0.717) is 23.2 Å². The van der Waals surface area contributed by atoms with Crippen molar-refractivity contribution in [2.75, 3.05) is 13.1 Å². The number of fused-ring (bicyclic) bond motifs is 2. The summed E-state index contributed by atoms with van der Waals surface area (Å²) in [7, 11) is 0. The van der Waals surface area contributed by atoms with E-state index >= 15 is 0 Å². The van der Waals surface area contributed by atoms with Crippen LogP contribution in [0, 0.1) is 17.8 Å². The fraction of sp³-hybridized carbons (Fsp3) is 0.923. The highest BCUT2D eigenvalue weighted by Gasteiger charge is 2.61. The Morgan fingerprint density at radius 2 is 1.67 bits per heavy atom. The summed E-state index contributed by atoms with van der Waals surface area (Å²) in [5, 5.41) is 0. The number of carbonyl (C=O) groups excluding carboxylic acids is 1. The lowest BCUT2D eigenvalue weighted by Gasteiger charge is -2.68. The standard InChI is InChI=1S/C13H19NO/c15-12-10-2-1-3-11(12)8-14(7-10)13-4-9(5-13)6-13/h9-11H,1-8H2/t9?,10-,11+,13?. The van der Waals surface area contributed by atoms with Gasteiger partial charge < -0.3 is 0 Å². The van der Waals surface area contributed by atoms with Crippen LogP contribution in [0.1, 0.15) is 38.5 Å². The van der Waals surface area contributed by atoms with Gasteiger partial charge in [0, 0.05) is 30.5 Å². The highest BCUT2D eigenvalue weighted by atomic mass is 16.1. The molecular weight excluding hydrogens is 186 g/mol. The van der Waals surface area contributed by atoms with Crippen LogP contribution in [0.2, 0.25) is 0 Å². The zero-order chi connectivity index (χ0) is 10.0. The van der Waals surface area contributed by atoms with Crippen molar-refractivity contribution in [1.82, 2.24) is 4.90 Å². The fourth-order valence-corrected chi connectivity index (χ4v) is 4.40. The molecule has 4 saturated carbocycles. The zero-order valence-electron chi connectivity index (χ0n) is 9.24. The lowest BCUT2D eigenvalue weighted by atomic mass is 9.48. The Bertz CT molecular complexity index is 291. The Labute approximate surface area is 91.0 Å². The quantitative estimate of drug-likeness (QED) is 0.651. The normalized spacial score (nSPS) is 53.3. The predicted molar refractivity (Wildman–Crippen MR) is 57.5 cm³/mol. The van der Waals surface area contributed by atoms with Gasteiger partial charge in [-0.05, 0) is 38.0 Å². The lowest BCUT2D eigenvalue weighted by molar-refractivity contribution is -0.172. The molecule has 0 unspecified atom stereocenters. The summed E-state index contributed by atoms with van der Waals surface area (Å²) in [6.45, 7) is 2.20. The second-order valence-corrected chi connectivity index (χ2v) is 6.33. The molecule has 2 nitrogen and oxygen atoms in total. The van der Waals surface area contributed by atoms with E-state index < -0.39 is 0 Å². The van der Waals surface area contributed by atoms with Gasteiger partial charge in [0.2, 0.25) is 0 Å². The minimum absolute atomic E-state index is 0.409. The largest absolute Gasteiger partial charge is 0.299 e. The number of rotatable bonds is 1. The summed E-state index contributed by atoms with van der Waals surface area (Å²) >= 11 is 0. The smallest absolute Gasteiger partial charge is 0.141 e. The third-order valence-corrected chi connectivity index (χ3v) is 5.47. The molecule has 82 valence electrons. The highest BCUT2D eigenvalue weighted by molar-refractivity contribution is 5.85. The van der Waals surface area contributed by atoms with Gasteiger partial charge in [-0.3, -0.25) is 9.69 Å². The summed E-state index contributed by atoms with van der Waals surface area (Å²) in [4.78, 5) is 14.7. The van der Waals surface area contributed by atoms with E-state index in [-0.39, 0.29) is 0 Å². The van der Waals surface area contributed by atoms with Crippen LogP contribution in [0.3, 0.4) is 0 Å². The van der Waals surface area contributed by atoms with Gasteiger partial charge in [0.15, 0.2) is 0 Å². The predicted octanol–water partition coefficient (Wildman–Crippen LogP) is 1.84. The SMILES string of the molecule is O=C1[C@@H]2CCC[C@H]1CN(C13CC(C1)C3)C2. The molecule has 4 bridgehead atoms. The Kier molecular flexibility index (Phi) is 1.55. The van der Waals surface area contributed by atoms with Gasteiger partial charge in [-0.1, -0.05) is 6.42 Å². The fourth-order valence-electron chi connectivity index (χ4n) is 4.40. The number of carbonyl (C=O) groups is 1. The molecule has 4 aliphatic carbocycles. The molecule has 0 amide bonds. The van der Waals surface area contributed by atoms with E-state index in [1.54, 1.807) is 0 Å². The summed E-state index contributed by atoms with van der Waals surface area (Å²) in [6.07, 6.45) is 7.98. The molecule has 15 heavy (non-hydrogen) atoms. The van der Waals surface area contributed by atoms with E-state index in [2.05, 4.69) is 4.90 Å². The summed E-state index contributed by atoms with van der Waals surface area (Å²) in [6, 6.07) is 0. The van der Waals surface area contributed by atoms with E-state index in [4.69, 9.17) is 0 Å². The number of hydrogen-bond donors (Lipinski definition) is 0. The van der Waals surface area contributed by atoms with Gasteiger partial charge >= 0.3 is 0 Å². The van der Waals surface area contributed by atoms with Crippen LogP contribution in [-0.2, 0) is 4.79 Å². The first kappa shape index (κ1) is 8.74. The maximum Gasteiger partial charge on any atom is 0.141 e. The number of nitrogens with zero attached hydrogens (tertiary/aromatic N) is 1. The van der Waals surface area contributed by atoms with Crippen molar-refractivity contribution in [2.45, 2.75) is 44.1 Å². The third-order valence-electron chi connectivity index (χ3n) is 5.47. The van der Waals surface area contributed by atoms with Crippen LogP contribution in [0.5, 0.6) is 0 Å². The number of likely N-dealkylation sites (tertiary alicyclic amines) is 1. The molecule has 1 heterocycles. The van der Waals surface area contributed by atoms with Gasteiger partial charge in [0.1, 0.15) is 5.78 Å². The second-order valence-electron chi connectivity index (χ2n) is 6.33. The molecule has 1 aliphatic heterocycles. The van der Waals surface area contributed by atoms with E-state index in [0.717, 1.165) is 19.0 Å². The number of Topliss-reactive ketones (excluding diaryl/α,β-unsaturated/α-hetero) is 1. The molecular formula is C13H19NO. The van der Waals surface area contributed by atoms with Crippen molar-refractivity contribution in [3.63, 3.8) is 0 Å². The highest BCUT2D eigenvalue weighted by Crippen LogP contribution is 2.61.